The minimum absolute atomic E-state index is 0.0631. The van der Waals surface area contributed by atoms with Crippen molar-refractivity contribution in [3.63, 3.8) is 0 Å². The maximum absolute atomic E-state index is 13.3. The zero-order valence-electron chi connectivity index (χ0n) is 21.5. The van der Waals surface area contributed by atoms with Gasteiger partial charge >= 0.3 is 0 Å². The maximum Gasteiger partial charge on any atom is 0.253 e. The molecule has 1 aromatic carbocycles. The lowest BCUT2D eigenvalue weighted by molar-refractivity contribution is -0.109. The lowest BCUT2D eigenvalue weighted by Crippen LogP contribution is -2.42. The fourth-order valence-electron chi connectivity index (χ4n) is 3.95. The van der Waals surface area contributed by atoms with Crippen LogP contribution < -0.4 is 21.7 Å². The van der Waals surface area contributed by atoms with Crippen molar-refractivity contribution in [3.8, 4) is 0 Å². The molecule has 0 spiro atoms. The Kier molecular flexibility index (Phi) is 9.54. The van der Waals surface area contributed by atoms with E-state index in [1.54, 1.807) is 42.6 Å². The summed E-state index contributed by atoms with van der Waals surface area (Å²) in [6, 6.07) is 12.5. The van der Waals surface area contributed by atoms with Gasteiger partial charge < -0.3 is 20.4 Å². The Bertz CT molecular complexity index is 1370. The van der Waals surface area contributed by atoms with Crippen LogP contribution in [0, 0.1) is 0 Å². The molecule has 3 aromatic rings. The van der Waals surface area contributed by atoms with Gasteiger partial charge in [-0.1, -0.05) is 30.9 Å². The summed E-state index contributed by atoms with van der Waals surface area (Å²) in [5.41, 5.74) is 9.25. The highest BCUT2D eigenvalue weighted by Crippen LogP contribution is 2.28. The summed E-state index contributed by atoms with van der Waals surface area (Å²) in [6.45, 7) is 8.22. The number of furan rings is 1. The number of benzene rings is 1. The van der Waals surface area contributed by atoms with E-state index < -0.39 is 5.92 Å². The number of hydrogen-bond acceptors (Lipinski definition) is 5. The molecule has 0 saturated carbocycles. The second-order valence-corrected chi connectivity index (χ2v) is 8.93. The number of carbonyl (C=O) groups is 2. The highest BCUT2D eigenvalue weighted by atomic mass is 19.3. The Morgan fingerprint density at radius 1 is 1.18 bits per heavy atom. The summed E-state index contributed by atoms with van der Waals surface area (Å²) >= 11 is 0. The van der Waals surface area contributed by atoms with Gasteiger partial charge in [0, 0.05) is 42.9 Å². The third-order valence-electron chi connectivity index (χ3n) is 6.08. The fourth-order valence-corrected chi connectivity index (χ4v) is 3.95. The van der Waals surface area contributed by atoms with Crippen LogP contribution in [0.25, 0.3) is 18.2 Å². The van der Waals surface area contributed by atoms with Gasteiger partial charge in [0.25, 0.3) is 11.8 Å². The Balaban J connectivity index is 0.000000336. The van der Waals surface area contributed by atoms with Crippen LogP contribution in [0.2, 0.25) is 0 Å². The molecule has 1 aliphatic heterocycles. The normalized spacial score (nSPS) is 15.4. The van der Waals surface area contributed by atoms with E-state index in [-0.39, 0.29) is 38.4 Å². The molecule has 1 fully saturated rings. The summed E-state index contributed by atoms with van der Waals surface area (Å²) in [6.07, 6.45) is 5.70. The Labute approximate surface area is 220 Å². The van der Waals surface area contributed by atoms with Crippen molar-refractivity contribution in [1.82, 2.24) is 15.2 Å². The first-order valence-electron chi connectivity index (χ1n) is 12.2. The predicted molar refractivity (Wildman–Crippen MR) is 144 cm³/mol. The smallest absolute Gasteiger partial charge is 0.253 e. The van der Waals surface area contributed by atoms with E-state index in [4.69, 9.17) is 10.2 Å². The molecule has 200 valence electrons. The topological polar surface area (TPSA) is 101 Å². The summed E-state index contributed by atoms with van der Waals surface area (Å²) in [7, 11) is 0. The van der Waals surface area contributed by atoms with E-state index in [1.807, 2.05) is 32.1 Å². The van der Waals surface area contributed by atoms with Gasteiger partial charge in [-0.15, -0.1) is 0 Å². The van der Waals surface area contributed by atoms with Gasteiger partial charge in [-0.25, -0.2) is 13.8 Å². The van der Waals surface area contributed by atoms with Gasteiger partial charge in [0.2, 0.25) is 6.41 Å². The van der Waals surface area contributed by atoms with Crippen LogP contribution in [0.3, 0.4) is 0 Å². The number of nitrogens with two attached hydrogens (primary N) is 1. The Morgan fingerprint density at radius 2 is 1.84 bits per heavy atom. The van der Waals surface area contributed by atoms with Crippen LogP contribution in [-0.2, 0) is 11.3 Å². The summed E-state index contributed by atoms with van der Waals surface area (Å²) in [5, 5.41) is 3.24. The van der Waals surface area contributed by atoms with Crippen molar-refractivity contribution >= 4 is 36.4 Å². The molecule has 3 heterocycles. The van der Waals surface area contributed by atoms with E-state index in [0.29, 0.717) is 34.2 Å². The first-order valence-corrected chi connectivity index (χ1v) is 12.2. The highest BCUT2D eigenvalue weighted by molar-refractivity contribution is 5.94. The zero-order chi connectivity index (χ0) is 27.7. The molecular formula is C29H32F2N4O3. The summed E-state index contributed by atoms with van der Waals surface area (Å²) in [5.74, 6) is -1.76. The number of nitrogens with one attached hydrogen (secondary N) is 1. The molecule has 9 heteroatoms. The monoisotopic (exact) mass is 522 g/mol. The maximum atomic E-state index is 13.3. The Hall–Kier alpha value is -4.27. The van der Waals surface area contributed by atoms with E-state index in [2.05, 4.69) is 16.9 Å². The van der Waals surface area contributed by atoms with Crippen LogP contribution in [0.4, 0.5) is 14.6 Å². The lowest BCUT2D eigenvalue weighted by atomic mass is 10.0. The number of amides is 2. The number of anilines is 1. The van der Waals surface area contributed by atoms with Crippen LogP contribution in [0.5, 0.6) is 0 Å². The molecule has 0 radical (unpaired) electrons. The molecule has 1 aliphatic rings. The number of pyridine rings is 1. The van der Waals surface area contributed by atoms with Crippen molar-refractivity contribution < 1.29 is 22.8 Å². The van der Waals surface area contributed by atoms with Crippen LogP contribution in [0.15, 0.2) is 59.2 Å². The van der Waals surface area contributed by atoms with E-state index >= 15 is 0 Å². The molecule has 1 saturated heterocycles. The first-order chi connectivity index (χ1) is 18.1. The van der Waals surface area contributed by atoms with E-state index in [1.165, 1.54) is 4.90 Å². The third kappa shape index (κ3) is 7.61. The number of rotatable bonds is 6. The van der Waals surface area contributed by atoms with Crippen LogP contribution >= 0.6 is 0 Å². The standard InChI is InChI=1S/C21H22F2N2O3.C8H10N2/c1-14-11-18(12-24-13-26)28-19(14)15(2)16-3-5-17(6-4-16)20(27)25-9-7-21(22,23)8-10-25;1-2-3-7-4-5-8(9)10-6-7/h3-6,11,13H,1,7-10,12H2,2H3,(H,24,26);2-6H,1H3,(H2,9,10)/b19-15-;3-2+. The first kappa shape index (κ1) is 28.3. The van der Waals surface area contributed by atoms with Crippen LogP contribution in [0.1, 0.15) is 53.9 Å². The zero-order valence-corrected chi connectivity index (χ0v) is 21.5. The van der Waals surface area contributed by atoms with Crippen molar-refractivity contribution in [2.24, 2.45) is 0 Å². The average molecular weight is 523 g/mol. The molecule has 38 heavy (non-hydrogen) atoms. The number of aromatic nitrogens is 1. The fraction of sp³-hybridized carbons (Fsp3) is 0.276. The molecular weight excluding hydrogens is 490 g/mol. The van der Waals surface area contributed by atoms with Gasteiger partial charge in [-0.3, -0.25) is 9.59 Å². The number of nitrogens with zero attached hydrogens (tertiary/aromatic N) is 2. The number of piperidine rings is 1. The molecule has 4 rings (SSSR count). The largest absolute Gasteiger partial charge is 0.459 e. The minimum atomic E-state index is -2.68. The van der Waals surface area contributed by atoms with E-state index in [9.17, 15) is 18.4 Å². The van der Waals surface area contributed by atoms with Crippen molar-refractivity contribution in [1.29, 1.82) is 0 Å². The van der Waals surface area contributed by atoms with Gasteiger partial charge in [-0.05, 0) is 60.9 Å². The third-order valence-corrected chi connectivity index (χ3v) is 6.08. The quantitative estimate of drug-likeness (QED) is 0.481. The Morgan fingerprint density at radius 3 is 2.42 bits per heavy atom. The molecule has 3 N–H and O–H groups in total. The van der Waals surface area contributed by atoms with Crippen molar-refractivity contribution in [2.45, 2.75) is 39.2 Å². The van der Waals surface area contributed by atoms with Gasteiger partial charge in [0.1, 0.15) is 17.0 Å². The van der Waals surface area contributed by atoms with Crippen LogP contribution in [-0.4, -0.2) is 41.2 Å². The summed E-state index contributed by atoms with van der Waals surface area (Å²) in [4.78, 5) is 28.3. The molecule has 0 unspecified atom stereocenters. The molecule has 0 atom stereocenters. The SMILES string of the molecule is C/C=C/c1ccc(N)nc1.C=c1cc(CNC=O)o/c1=C(/C)c1ccc(C(=O)N2CCC(F)(F)CC2)cc1. The highest BCUT2D eigenvalue weighted by Gasteiger charge is 2.35. The number of alkyl halides is 2. The van der Waals surface area contributed by atoms with Gasteiger partial charge in [0.05, 0.1) is 6.54 Å². The van der Waals surface area contributed by atoms with Gasteiger partial charge in [-0.2, -0.15) is 0 Å². The number of hydrogen-bond donors (Lipinski definition) is 2. The molecule has 2 amide bonds. The van der Waals surface area contributed by atoms with Gasteiger partial charge in [0.15, 0.2) is 0 Å². The number of carbonyl (C=O) groups excluding carboxylic acids is 2. The number of allylic oxidation sites excluding steroid dienone is 1. The van der Waals surface area contributed by atoms with Crippen molar-refractivity contribution in [2.75, 3.05) is 18.8 Å². The second-order valence-electron chi connectivity index (χ2n) is 8.93. The van der Waals surface area contributed by atoms with Crippen molar-refractivity contribution in [3.05, 3.63) is 87.8 Å². The summed E-state index contributed by atoms with van der Waals surface area (Å²) < 4.78 is 32.3. The molecule has 7 nitrogen and oxygen atoms in total. The predicted octanol–water partition coefficient (Wildman–Crippen LogP) is 3.72. The second kappa shape index (κ2) is 12.8. The molecule has 0 aliphatic carbocycles. The average Bonchev–Trinajstić information content (AvgIpc) is 3.29. The number of likely N-dealkylation sites (tertiary alicyclic amines) is 1. The number of nitrogen functional groups attached to an aromatic ring is 1. The van der Waals surface area contributed by atoms with E-state index in [0.717, 1.165) is 16.7 Å². The lowest BCUT2D eigenvalue weighted by Gasteiger charge is -2.31. The number of halogens is 2. The minimum Gasteiger partial charge on any atom is -0.459 e. The molecule has 0 bridgehead atoms. The molecule has 2 aromatic heterocycles.